The van der Waals surface area contributed by atoms with Crippen molar-refractivity contribution in [3.63, 3.8) is 0 Å². The van der Waals surface area contributed by atoms with Gasteiger partial charge in [-0.05, 0) is 70.3 Å². The van der Waals surface area contributed by atoms with Crippen molar-refractivity contribution in [2.24, 2.45) is 0 Å². The number of carbonyl (C=O) groups excluding carboxylic acids is 1. The molecule has 2 aromatic rings. The van der Waals surface area contributed by atoms with Gasteiger partial charge in [-0.1, -0.05) is 81.8 Å². The quantitative estimate of drug-likeness (QED) is 0.138. The van der Waals surface area contributed by atoms with Crippen molar-refractivity contribution in [3.05, 3.63) is 65.2 Å². The highest BCUT2D eigenvalue weighted by Crippen LogP contribution is 2.36. The summed E-state index contributed by atoms with van der Waals surface area (Å²) in [5.41, 5.74) is 3.01. The number of benzene rings is 2. The molecule has 4 nitrogen and oxygen atoms in total. The fourth-order valence-electron chi connectivity index (χ4n) is 5.04. The molecule has 0 radical (unpaired) electrons. The van der Waals surface area contributed by atoms with Gasteiger partial charge in [0, 0.05) is 30.0 Å². The Balaban J connectivity index is 2.20. The first-order valence-corrected chi connectivity index (χ1v) is 14.1. The third-order valence-corrected chi connectivity index (χ3v) is 7.04. The van der Waals surface area contributed by atoms with Gasteiger partial charge < -0.3 is 9.84 Å². The Labute approximate surface area is 220 Å². The van der Waals surface area contributed by atoms with E-state index in [1.165, 1.54) is 37.7 Å². The predicted octanol–water partition coefficient (Wildman–Crippen LogP) is 7.87. The molecule has 0 saturated carbocycles. The number of unbranched alkanes of at least 4 members (excludes halogenated alkanes) is 6. The molecule has 0 spiro atoms. The summed E-state index contributed by atoms with van der Waals surface area (Å²) >= 11 is 0. The van der Waals surface area contributed by atoms with Gasteiger partial charge in [-0.3, -0.25) is 9.69 Å². The maximum Gasteiger partial charge on any atom is 0.311 e. The van der Waals surface area contributed by atoms with Crippen LogP contribution in [0.1, 0.15) is 115 Å². The molecule has 1 atom stereocenters. The summed E-state index contributed by atoms with van der Waals surface area (Å²) in [6.07, 6.45) is 9.55. The van der Waals surface area contributed by atoms with E-state index in [4.69, 9.17) is 4.74 Å². The normalized spacial score (nSPS) is 12.5. The average molecular weight is 496 g/mol. The van der Waals surface area contributed by atoms with Crippen molar-refractivity contribution in [1.82, 2.24) is 4.90 Å². The molecule has 0 unspecified atom stereocenters. The number of carbonyl (C=O) groups is 1. The lowest BCUT2D eigenvalue weighted by Gasteiger charge is -2.32. The first kappa shape index (κ1) is 30.1. The van der Waals surface area contributed by atoms with Crippen molar-refractivity contribution in [2.45, 2.75) is 117 Å². The molecule has 0 aliphatic carbocycles. The van der Waals surface area contributed by atoms with E-state index in [9.17, 15) is 9.90 Å². The van der Waals surface area contributed by atoms with Gasteiger partial charge in [0.05, 0.1) is 6.61 Å². The predicted molar refractivity (Wildman–Crippen MR) is 150 cm³/mol. The summed E-state index contributed by atoms with van der Waals surface area (Å²) in [6.45, 7) is 12.1. The Hall–Kier alpha value is -2.17. The maximum atomic E-state index is 12.8. The number of hydrogen-bond acceptors (Lipinski definition) is 4. The van der Waals surface area contributed by atoms with Crippen molar-refractivity contribution in [2.75, 3.05) is 6.54 Å². The molecule has 0 aliphatic heterocycles. The molecule has 2 rings (SSSR count). The van der Waals surface area contributed by atoms with Crippen LogP contribution in [0, 0.1) is 0 Å². The Kier molecular flexibility index (Phi) is 13.8. The van der Waals surface area contributed by atoms with Crippen LogP contribution >= 0.6 is 0 Å². The fraction of sp³-hybridized carbons (Fsp3) is 0.594. The molecule has 0 amide bonds. The molecule has 200 valence electrons. The van der Waals surface area contributed by atoms with E-state index in [0.717, 1.165) is 36.9 Å². The summed E-state index contributed by atoms with van der Waals surface area (Å²) in [5.74, 6) is 0.521. The van der Waals surface area contributed by atoms with E-state index in [1.807, 2.05) is 24.3 Å². The molecule has 36 heavy (non-hydrogen) atoms. The summed E-state index contributed by atoms with van der Waals surface area (Å²) in [7, 11) is 0. The Morgan fingerprint density at radius 1 is 0.889 bits per heavy atom. The van der Waals surface area contributed by atoms with Gasteiger partial charge in [0.2, 0.25) is 0 Å². The van der Waals surface area contributed by atoms with Gasteiger partial charge in [0.1, 0.15) is 5.75 Å². The van der Waals surface area contributed by atoms with E-state index in [1.54, 1.807) is 0 Å². The smallest absolute Gasteiger partial charge is 0.311 e. The third kappa shape index (κ3) is 10.1. The van der Waals surface area contributed by atoms with Crippen LogP contribution in [-0.4, -0.2) is 34.6 Å². The number of ether oxygens (including phenoxy) is 1. The van der Waals surface area contributed by atoms with E-state index < -0.39 is 0 Å². The molecular formula is C32H49NO3. The zero-order valence-electron chi connectivity index (χ0n) is 23.3. The van der Waals surface area contributed by atoms with Crippen molar-refractivity contribution in [3.8, 4) is 5.75 Å². The highest BCUT2D eigenvalue weighted by molar-refractivity contribution is 5.73. The van der Waals surface area contributed by atoms with E-state index in [0.29, 0.717) is 24.3 Å². The zero-order chi connectivity index (χ0) is 26.3. The largest absolute Gasteiger partial charge is 0.426 e. The van der Waals surface area contributed by atoms with Gasteiger partial charge in [-0.15, -0.1) is 0 Å². The topological polar surface area (TPSA) is 49.8 Å². The van der Waals surface area contributed by atoms with Crippen LogP contribution in [0.25, 0.3) is 0 Å². The summed E-state index contributed by atoms with van der Waals surface area (Å²) in [6, 6.07) is 17.1. The number of rotatable bonds is 17. The van der Waals surface area contributed by atoms with Crippen LogP contribution in [0.15, 0.2) is 48.5 Å². The molecule has 0 saturated heterocycles. The Bertz CT molecular complexity index is 870. The second-order valence-corrected chi connectivity index (χ2v) is 10.6. The van der Waals surface area contributed by atoms with Crippen LogP contribution in [0.3, 0.4) is 0 Å². The maximum absolute atomic E-state index is 12.8. The standard InChI is InChI=1S/C32H49NO3/c1-6-7-8-9-10-11-15-18-32(35)36-31-20-19-27(24-34)23-30(31)29(28-16-13-12-14-17-28)21-22-33(25(2)3)26(4)5/h12-14,16-17,19-20,23,25-26,29,34H,6-11,15,18,21-22,24H2,1-5H3/t29-/m1/s1. The molecule has 0 heterocycles. The molecule has 0 aromatic heterocycles. The van der Waals surface area contributed by atoms with Crippen LogP contribution in [0.4, 0.5) is 0 Å². The number of aliphatic hydroxyl groups excluding tert-OH is 1. The molecule has 0 aliphatic rings. The lowest BCUT2D eigenvalue weighted by molar-refractivity contribution is -0.134. The first-order chi connectivity index (χ1) is 17.4. The van der Waals surface area contributed by atoms with E-state index >= 15 is 0 Å². The van der Waals surface area contributed by atoms with Gasteiger partial charge >= 0.3 is 5.97 Å². The summed E-state index contributed by atoms with van der Waals surface area (Å²) in [4.78, 5) is 15.3. The van der Waals surface area contributed by atoms with Gasteiger partial charge in [0.25, 0.3) is 0 Å². The summed E-state index contributed by atoms with van der Waals surface area (Å²) in [5, 5.41) is 9.86. The fourth-order valence-corrected chi connectivity index (χ4v) is 5.04. The van der Waals surface area contributed by atoms with Crippen LogP contribution in [0.5, 0.6) is 5.75 Å². The van der Waals surface area contributed by atoms with Crippen LogP contribution < -0.4 is 4.74 Å². The highest BCUT2D eigenvalue weighted by atomic mass is 16.5. The Morgan fingerprint density at radius 2 is 1.53 bits per heavy atom. The minimum atomic E-state index is -0.167. The molecule has 4 heteroatoms. The number of nitrogens with zero attached hydrogens (tertiary/aromatic N) is 1. The lowest BCUT2D eigenvalue weighted by atomic mass is 9.86. The average Bonchev–Trinajstić information content (AvgIpc) is 2.86. The second-order valence-electron chi connectivity index (χ2n) is 10.6. The van der Waals surface area contributed by atoms with Crippen molar-refractivity contribution < 1.29 is 14.6 Å². The Morgan fingerprint density at radius 3 is 2.14 bits per heavy atom. The zero-order valence-corrected chi connectivity index (χ0v) is 23.3. The monoisotopic (exact) mass is 495 g/mol. The molecule has 1 N–H and O–H groups in total. The third-order valence-electron chi connectivity index (χ3n) is 7.04. The van der Waals surface area contributed by atoms with E-state index in [2.05, 4.69) is 63.8 Å². The minimum absolute atomic E-state index is 0.0368. The van der Waals surface area contributed by atoms with Crippen molar-refractivity contribution in [1.29, 1.82) is 0 Å². The van der Waals surface area contributed by atoms with Gasteiger partial charge in [-0.2, -0.15) is 0 Å². The summed E-state index contributed by atoms with van der Waals surface area (Å²) < 4.78 is 5.96. The van der Waals surface area contributed by atoms with Crippen LogP contribution in [0.2, 0.25) is 0 Å². The molecule has 0 fully saturated rings. The molecule has 2 aromatic carbocycles. The number of esters is 1. The number of hydrogen-bond donors (Lipinski definition) is 1. The lowest BCUT2D eigenvalue weighted by Crippen LogP contribution is -2.38. The molecular weight excluding hydrogens is 446 g/mol. The molecule has 0 bridgehead atoms. The SMILES string of the molecule is CCCCCCCCCC(=O)Oc1ccc(CO)cc1[C@H](CCN(C(C)C)C(C)C)c1ccccc1. The number of aliphatic hydroxyl groups is 1. The highest BCUT2D eigenvalue weighted by Gasteiger charge is 2.23. The second kappa shape index (κ2) is 16.6. The van der Waals surface area contributed by atoms with Gasteiger partial charge in [-0.25, -0.2) is 0 Å². The minimum Gasteiger partial charge on any atom is -0.426 e. The van der Waals surface area contributed by atoms with Crippen molar-refractivity contribution >= 4 is 5.97 Å². The first-order valence-electron chi connectivity index (χ1n) is 14.1. The van der Waals surface area contributed by atoms with Crippen LogP contribution in [-0.2, 0) is 11.4 Å². The van der Waals surface area contributed by atoms with Gasteiger partial charge in [0.15, 0.2) is 0 Å². The van der Waals surface area contributed by atoms with E-state index in [-0.39, 0.29) is 18.5 Å².